The molecule has 34 heavy (non-hydrogen) atoms. The lowest BCUT2D eigenvalue weighted by atomic mass is 10.1. The highest BCUT2D eigenvalue weighted by molar-refractivity contribution is 6.30. The molecule has 7 heteroatoms. The number of benzene rings is 2. The molecule has 1 aromatic heterocycles. The molecule has 0 radical (unpaired) electrons. The first-order chi connectivity index (χ1) is 16.3. The molecule has 1 fully saturated rings. The predicted octanol–water partition coefficient (Wildman–Crippen LogP) is 5.86. The molecule has 0 aliphatic heterocycles. The molecule has 1 N–H and O–H groups in total. The fourth-order valence-electron chi connectivity index (χ4n) is 3.93. The van der Waals surface area contributed by atoms with Crippen molar-refractivity contribution in [1.29, 1.82) is 0 Å². The van der Waals surface area contributed by atoms with Gasteiger partial charge in [0, 0.05) is 24.7 Å². The molecule has 1 heterocycles. The first-order valence-corrected chi connectivity index (χ1v) is 12.3. The number of aliphatic hydroxyl groups is 1. The number of hydrogen-bond acceptors (Lipinski definition) is 5. The lowest BCUT2D eigenvalue weighted by Gasteiger charge is -2.27. The van der Waals surface area contributed by atoms with Gasteiger partial charge in [0.2, 0.25) is 5.88 Å². The van der Waals surface area contributed by atoms with Crippen LogP contribution in [0.2, 0.25) is 5.02 Å². The van der Waals surface area contributed by atoms with Crippen LogP contribution in [0.5, 0.6) is 17.4 Å². The van der Waals surface area contributed by atoms with Gasteiger partial charge >= 0.3 is 0 Å². The summed E-state index contributed by atoms with van der Waals surface area (Å²) in [5, 5.41) is 16.1. The van der Waals surface area contributed by atoms with Gasteiger partial charge in [-0.2, -0.15) is 5.10 Å². The Morgan fingerprint density at radius 3 is 2.47 bits per heavy atom. The molecular formula is C27H34ClN3O3. The standard InChI is InChI=1S/C27H34ClN3O3/c1-18(2)26(32)17-30(15-20-8-9-20)16-25-19(3)29-31(22-7-5-6-21(28)14-22)27(25)34-24-12-10-23(33-4)11-13-24/h5-7,10-14,18,20,26,32H,8-9,15-17H2,1-4H3/t26-/m0/s1. The highest BCUT2D eigenvalue weighted by Crippen LogP contribution is 2.35. The Labute approximate surface area is 207 Å². The SMILES string of the molecule is COc1ccc(Oc2c(CN(CC3CC3)C[C@H](O)C(C)C)c(C)nn2-c2cccc(Cl)c2)cc1. The smallest absolute Gasteiger partial charge is 0.227 e. The van der Waals surface area contributed by atoms with Crippen LogP contribution in [0.4, 0.5) is 0 Å². The molecule has 0 amide bonds. The fraction of sp³-hybridized carbons (Fsp3) is 0.444. The Morgan fingerprint density at radius 2 is 1.85 bits per heavy atom. The van der Waals surface area contributed by atoms with Crippen LogP contribution in [-0.4, -0.2) is 46.1 Å². The van der Waals surface area contributed by atoms with E-state index in [0.717, 1.165) is 29.2 Å². The molecule has 1 saturated carbocycles. The molecule has 3 aromatic rings. The van der Waals surface area contributed by atoms with Crippen LogP contribution in [-0.2, 0) is 6.54 Å². The van der Waals surface area contributed by atoms with Crippen molar-refractivity contribution in [2.75, 3.05) is 20.2 Å². The summed E-state index contributed by atoms with van der Waals surface area (Å²) in [6.45, 7) is 8.36. The number of aromatic nitrogens is 2. The summed E-state index contributed by atoms with van der Waals surface area (Å²) in [5.74, 6) is 3.02. The summed E-state index contributed by atoms with van der Waals surface area (Å²) in [6, 6.07) is 15.1. The molecule has 0 spiro atoms. The topological polar surface area (TPSA) is 59.8 Å². The van der Waals surface area contributed by atoms with E-state index in [9.17, 15) is 5.11 Å². The highest BCUT2D eigenvalue weighted by atomic mass is 35.5. The molecule has 4 rings (SSSR count). The monoisotopic (exact) mass is 483 g/mol. The second-order valence-electron chi connectivity index (χ2n) is 9.49. The molecular weight excluding hydrogens is 450 g/mol. The number of halogens is 1. The lowest BCUT2D eigenvalue weighted by molar-refractivity contribution is 0.0708. The van der Waals surface area contributed by atoms with E-state index in [1.165, 1.54) is 12.8 Å². The van der Waals surface area contributed by atoms with Crippen molar-refractivity contribution in [1.82, 2.24) is 14.7 Å². The molecule has 0 unspecified atom stereocenters. The third kappa shape index (κ3) is 6.12. The molecule has 1 atom stereocenters. The number of aryl methyl sites for hydroxylation is 1. The van der Waals surface area contributed by atoms with Gasteiger partial charge in [-0.3, -0.25) is 4.90 Å². The molecule has 1 aliphatic rings. The minimum Gasteiger partial charge on any atom is -0.497 e. The molecule has 0 bridgehead atoms. The first kappa shape index (κ1) is 24.6. The number of aliphatic hydroxyl groups excluding tert-OH is 1. The third-order valence-corrected chi connectivity index (χ3v) is 6.51. The van der Waals surface area contributed by atoms with Crippen LogP contribution in [0.25, 0.3) is 5.69 Å². The number of methoxy groups -OCH3 is 1. The van der Waals surface area contributed by atoms with Gasteiger partial charge in [-0.1, -0.05) is 31.5 Å². The molecule has 182 valence electrons. The van der Waals surface area contributed by atoms with E-state index in [1.54, 1.807) is 7.11 Å². The number of hydrogen-bond donors (Lipinski definition) is 1. The Balaban J connectivity index is 1.70. The van der Waals surface area contributed by atoms with Crippen molar-refractivity contribution in [2.45, 2.75) is 46.3 Å². The minimum atomic E-state index is -0.381. The van der Waals surface area contributed by atoms with Crippen LogP contribution >= 0.6 is 11.6 Å². The summed E-state index contributed by atoms with van der Waals surface area (Å²) in [6.07, 6.45) is 2.13. The maximum absolute atomic E-state index is 10.6. The summed E-state index contributed by atoms with van der Waals surface area (Å²) >= 11 is 6.29. The average Bonchev–Trinajstić information content (AvgIpc) is 3.58. The van der Waals surface area contributed by atoms with Crippen molar-refractivity contribution in [3.05, 3.63) is 64.8 Å². The van der Waals surface area contributed by atoms with E-state index in [2.05, 4.69) is 18.7 Å². The molecule has 1 aliphatic carbocycles. The zero-order valence-corrected chi connectivity index (χ0v) is 21.1. The van der Waals surface area contributed by atoms with Gasteiger partial charge in [-0.25, -0.2) is 4.68 Å². The van der Waals surface area contributed by atoms with Gasteiger partial charge in [0.25, 0.3) is 0 Å². The minimum absolute atomic E-state index is 0.201. The first-order valence-electron chi connectivity index (χ1n) is 11.9. The molecule has 6 nitrogen and oxygen atoms in total. The zero-order chi connectivity index (χ0) is 24.2. The summed E-state index contributed by atoms with van der Waals surface area (Å²) in [5.41, 5.74) is 2.73. The summed E-state index contributed by atoms with van der Waals surface area (Å²) in [4.78, 5) is 2.34. The van der Waals surface area contributed by atoms with Crippen LogP contribution in [0.1, 0.15) is 37.9 Å². The Kier molecular flexibility index (Phi) is 7.81. The van der Waals surface area contributed by atoms with Crippen LogP contribution in [0.3, 0.4) is 0 Å². The van der Waals surface area contributed by atoms with Gasteiger partial charge in [0.05, 0.1) is 30.2 Å². The number of rotatable bonds is 11. The summed E-state index contributed by atoms with van der Waals surface area (Å²) in [7, 11) is 1.64. The van der Waals surface area contributed by atoms with Crippen LogP contribution in [0.15, 0.2) is 48.5 Å². The van der Waals surface area contributed by atoms with Gasteiger partial charge < -0.3 is 14.6 Å². The number of nitrogens with zero attached hydrogens (tertiary/aromatic N) is 3. The quantitative estimate of drug-likeness (QED) is 0.370. The second kappa shape index (κ2) is 10.8. The van der Waals surface area contributed by atoms with Crippen molar-refractivity contribution in [3.8, 4) is 23.1 Å². The number of ether oxygens (including phenoxy) is 2. The van der Waals surface area contributed by atoms with E-state index < -0.39 is 0 Å². The van der Waals surface area contributed by atoms with Gasteiger partial charge in [0.1, 0.15) is 11.5 Å². The second-order valence-corrected chi connectivity index (χ2v) is 9.92. The molecule has 0 saturated heterocycles. The van der Waals surface area contributed by atoms with Crippen molar-refractivity contribution in [3.63, 3.8) is 0 Å². The average molecular weight is 484 g/mol. The Bertz CT molecular complexity index is 1090. The lowest BCUT2D eigenvalue weighted by Crippen LogP contribution is -2.36. The Hall–Kier alpha value is -2.54. The third-order valence-electron chi connectivity index (χ3n) is 6.27. The van der Waals surface area contributed by atoms with E-state index in [-0.39, 0.29) is 12.0 Å². The van der Waals surface area contributed by atoms with Crippen LogP contribution < -0.4 is 9.47 Å². The predicted molar refractivity (Wildman–Crippen MR) is 135 cm³/mol. The largest absolute Gasteiger partial charge is 0.497 e. The maximum atomic E-state index is 10.6. The van der Waals surface area contributed by atoms with Gasteiger partial charge in [-0.15, -0.1) is 0 Å². The zero-order valence-electron chi connectivity index (χ0n) is 20.4. The van der Waals surface area contributed by atoms with Crippen molar-refractivity contribution < 1.29 is 14.6 Å². The van der Waals surface area contributed by atoms with Gasteiger partial charge in [0.15, 0.2) is 0 Å². The highest BCUT2D eigenvalue weighted by Gasteiger charge is 2.28. The van der Waals surface area contributed by atoms with E-state index in [0.29, 0.717) is 35.7 Å². The van der Waals surface area contributed by atoms with Crippen LogP contribution in [0, 0.1) is 18.8 Å². The van der Waals surface area contributed by atoms with Crippen molar-refractivity contribution in [2.24, 2.45) is 11.8 Å². The van der Waals surface area contributed by atoms with E-state index in [1.807, 2.05) is 60.1 Å². The van der Waals surface area contributed by atoms with E-state index in [4.69, 9.17) is 26.2 Å². The molecule has 2 aromatic carbocycles. The van der Waals surface area contributed by atoms with E-state index >= 15 is 0 Å². The normalized spacial score (nSPS) is 14.6. The fourth-order valence-corrected chi connectivity index (χ4v) is 4.12. The van der Waals surface area contributed by atoms with Crippen molar-refractivity contribution >= 4 is 11.6 Å². The Morgan fingerprint density at radius 1 is 1.15 bits per heavy atom. The maximum Gasteiger partial charge on any atom is 0.227 e. The summed E-state index contributed by atoms with van der Waals surface area (Å²) < 4.78 is 13.5. The van der Waals surface area contributed by atoms with Gasteiger partial charge in [-0.05, 0) is 74.1 Å².